The zero-order chi connectivity index (χ0) is 18.2. The maximum atomic E-state index is 11.9. The van der Waals surface area contributed by atoms with E-state index in [4.69, 9.17) is 17.0 Å². The van der Waals surface area contributed by atoms with Crippen LogP contribution in [0.15, 0.2) is 54.6 Å². The molecule has 25 heavy (non-hydrogen) atoms. The molecule has 8 heteroatoms. The molecule has 0 heterocycles. The predicted molar refractivity (Wildman–Crippen MR) is 99.5 cm³/mol. The van der Waals surface area contributed by atoms with Crippen LogP contribution in [0.3, 0.4) is 0 Å². The number of hydrogen-bond acceptors (Lipinski definition) is 5. The summed E-state index contributed by atoms with van der Waals surface area (Å²) < 4.78 is 5.19. The number of nitro groups is 1. The number of rotatable bonds is 5. The molecule has 0 fully saturated rings. The third-order valence-electron chi connectivity index (χ3n) is 3.12. The van der Waals surface area contributed by atoms with E-state index in [9.17, 15) is 14.9 Å². The van der Waals surface area contributed by atoms with Crippen molar-refractivity contribution in [2.45, 2.75) is 0 Å². The van der Waals surface area contributed by atoms with Crippen LogP contribution in [0, 0.1) is 10.1 Å². The Balaban J connectivity index is 1.92. The van der Waals surface area contributed by atoms with Crippen molar-refractivity contribution in [3.63, 3.8) is 0 Å². The number of ether oxygens (including phenoxy) is 1. The molecule has 2 N–H and O–H groups in total. The van der Waals surface area contributed by atoms with Crippen LogP contribution in [-0.2, 0) is 4.79 Å². The number of amides is 1. The first kappa shape index (κ1) is 18.1. The Morgan fingerprint density at radius 2 is 1.88 bits per heavy atom. The van der Waals surface area contributed by atoms with Gasteiger partial charge in [-0.25, -0.2) is 0 Å². The molecule has 2 rings (SSSR count). The number of thiocarbonyl (C=S) groups is 1. The summed E-state index contributed by atoms with van der Waals surface area (Å²) in [4.78, 5) is 22.0. The highest BCUT2D eigenvalue weighted by atomic mass is 32.1. The summed E-state index contributed by atoms with van der Waals surface area (Å²) in [5, 5.41) is 16.1. The molecule has 0 aliphatic rings. The lowest BCUT2D eigenvalue weighted by Gasteiger charge is -2.11. The van der Waals surface area contributed by atoms with Crippen LogP contribution in [0.5, 0.6) is 5.75 Å². The average molecular weight is 357 g/mol. The Morgan fingerprint density at radius 3 is 2.52 bits per heavy atom. The van der Waals surface area contributed by atoms with E-state index in [2.05, 4.69) is 10.6 Å². The van der Waals surface area contributed by atoms with E-state index in [0.717, 1.165) is 0 Å². The maximum Gasteiger partial charge on any atom is 0.269 e. The molecule has 0 atom stereocenters. The molecule has 128 valence electrons. The first-order valence-electron chi connectivity index (χ1n) is 7.17. The van der Waals surface area contributed by atoms with Gasteiger partial charge in [0.1, 0.15) is 5.75 Å². The van der Waals surface area contributed by atoms with Crippen LogP contribution >= 0.6 is 12.2 Å². The molecule has 7 nitrogen and oxygen atoms in total. The second kappa shape index (κ2) is 8.55. The van der Waals surface area contributed by atoms with Gasteiger partial charge in [0.25, 0.3) is 5.69 Å². The fourth-order valence-electron chi connectivity index (χ4n) is 1.93. The second-order valence-corrected chi connectivity index (χ2v) is 5.23. The van der Waals surface area contributed by atoms with Gasteiger partial charge in [0.2, 0.25) is 5.91 Å². The first-order valence-corrected chi connectivity index (χ1v) is 7.58. The smallest absolute Gasteiger partial charge is 0.269 e. The number of methoxy groups -OCH3 is 1. The molecule has 0 spiro atoms. The van der Waals surface area contributed by atoms with Crippen LogP contribution in [0.4, 0.5) is 11.4 Å². The Bertz CT molecular complexity index is 819. The van der Waals surface area contributed by atoms with Crippen molar-refractivity contribution in [3.05, 3.63) is 70.3 Å². The van der Waals surface area contributed by atoms with Gasteiger partial charge in [0.05, 0.1) is 17.7 Å². The van der Waals surface area contributed by atoms with Gasteiger partial charge >= 0.3 is 0 Å². The number of anilines is 1. The minimum atomic E-state index is -0.484. The van der Waals surface area contributed by atoms with E-state index in [-0.39, 0.29) is 10.8 Å². The van der Waals surface area contributed by atoms with Gasteiger partial charge in [-0.2, -0.15) is 0 Å². The highest BCUT2D eigenvalue weighted by molar-refractivity contribution is 7.80. The predicted octanol–water partition coefficient (Wildman–Crippen LogP) is 3.13. The number of carbonyl (C=O) groups is 1. The van der Waals surface area contributed by atoms with Gasteiger partial charge in [-0.15, -0.1) is 0 Å². The largest absolute Gasteiger partial charge is 0.495 e. The number of nitrogens with zero attached hydrogens (tertiary/aromatic N) is 1. The van der Waals surface area contributed by atoms with Gasteiger partial charge in [0.15, 0.2) is 5.11 Å². The summed E-state index contributed by atoms with van der Waals surface area (Å²) in [6.07, 6.45) is 2.82. The van der Waals surface area contributed by atoms with E-state index < -0.39 is 10.8 Å². The van der Waals surface area contributed by atoms with Crippen LogP contribution in [-0.4, -0.2) is 23.1 Å². The quantitative estimate of drug-likeness (QED) is 0.370. The maximum absolute atomic E-state index is 11.9. The third-order valence-corrected chi connectivity index (χ3v) is 3.33. The van der Waals surface area contributed by atoms with Crippen molar-refractivity contribution in [3.8, 4) is 5.75 Å². The number of carbonyl (C=O) groups excluding carboxylic acids is 1. The molecule has 1 amide bonds. The number of benzene rings is 2. The lowest BCUT2D eigenvalue weighted by Crippen LogP contribution is -2.32. The van der Waals surface area contributed by atoms with Crippen molar-refractivity contribution in [2.24, 2.45) is 0 Å². The molecule has 0 aromatic heterocycles. The summed E-state index contributed by atoms with van der Waals surface area (Å²) in [6.45, 7) is 0. The molecule has 2 aromatic rings. The molecule has 0 radical (unpaired) electrons. The number of hydrogen-bond donors (Lipinski definition) is 2. The molecule has 0 aliphatic carbocycles. The topological polar surface area (TPSA) is 93.5 Å². The molecule has 2 aromatic carbocycles. The van der Waals surface area contributed by atoms with Gasteiger partial charge in [-0.3, -0.25) is 20.2 Å². The van der Waals surface area contributed by atoms with E-state index in [1.807, 2.05) is 12.1 Å². The Labute approximate surface area is 149 Å². The van der Waals surface area contributed by atoms with Gasteiger partial charge in [-0.1, -0.05) is 12.1 Å². The minimum Gasteiger partial charge on any atom is -0.495 e. The van der Waals surface area contributed by atoms with Crippen molar-refractivity contribution in [2.75, 3.05) is 12.4 Å². The van der Waals surface area contributed by atoms with Crippen molar-refractivity contribution >= 4 is 40.7 Å². The Morgan fingerprint density at radius 1 is 1.20 bits per heavy atom. The summed E-state index contributed by atoms with van der Waals surface area (Å²) in [5.74, 6) is 0.172. The fraction of sp³-hybridized carbons (Fsp3) is 0.0588. The highest BCUT2D eigenvalue weighted by Crippen LogP contribution is 2.22. The van der Waals surface area contributed by atoms with Crippen molar-refractivity contribution in [1.29, 1.82) is 0 Å². The standard InChI is InChI=1S/C17H15N3O4S/c1-24-15-5-3-2-4-14(15)18-17(25)19-16(21)11-8-12-6-9-13(10-7-12)20(22)23/h2-11H,1H3,(H2,18,19,21,25)/b11-8+. The number of nitrogens with one attached hydrogen (secondary N) is 2. The SMILES string of the molecule is COc1ccccc1NC(=S)NC(=O)/C=C/c1ccc([N+](=O)[O-])cc1. The number of nitro benzene ring substituents is 1. The van der Waals surface area contributed by atoms with Crippen LogP contribution in [0.2, 0.25) is 0 Å². The third kappa shape index (κ3) is 5.40. The van der Waals surface area contributed by atoms with E-state index >= 15 is 0 Å². The zero-order valence-corrected chi connectivity index (χ0v) is 14.1. The van der Waals surface area contributed by atoms with E-state index in [1.54, 1.807) is 24.3 Å². The van der Waals surface area contributed by atoms with Crippen molar-refractivity contribution in [1.82, 2.24) is 5.32 Å². The average Bonchev–Trinajstić information content (AvgIpc) is 2.60. The highest BCUT2D eigenvalue weighted by Gasteiger charge is 2.06. The van der Waals surface area contributed by atoms with E-state index in [1.165, 1.54) is 31.4 Å². The zero-order valence-electron chi connectivity index (χ0n) is 13.3. The molecule has 0 unspecified atom stereocenters. The second-order valence-electron chi connectivity index (χ2n) is 4.83. The Hall–Kier alpha value is -3.26. The van der Waals surface area contributed by atoms with Crippen LogP contribution < -0.4 is 15.4 Å². The molecule has 0 aliphatic heterocycles. The van der Waals surface area contributed by atoms with Crippen LogP contribution in [0.25, 0.3) is 6.08 Å². The fourth-order valence-corrected chi connectivity index (χ4v) is 2.14. The summed E-state index contributed by atoms with van der Waals surface area (Å²) in [5.41, 5.74) is 1.28. The van der Waals surface area contributed by atoms with Gasteiger partial charge in [0, 0.05) is 18.2 Å². The minimum absolute atomic E-state index is 0.0104. The summed E-state index contributed by atoms with van der Waals surface area (Å²) >= 11 is 5.09. The molecule has 0 bridgehead atoms. The lowest BCUT2D eigenvalue weighted by molar-refractivity contribution is -0.384. The normalized spacial score (nSPS) is 10.3. The molecule has 0 saturated heterocycles. The van der Waals surface area contributed by atoms with Crippen molar-refractivity contribution < 1.29 is 14.5 Å². The molecular formula is C17H15N3O4S. The van der Waals surface area contributed by atoms with Gasteiger partial charge in [-0.05, 0) is 48.1 Å². The number of para-hydroxylation sites is 2. The van der Waals surface area contributed by atoms with E-state index in [0.29, 0.717) is 17.0 Å². The summed E-state index contributed by atoms with van der Waals surface area (Å²) in [7, 11) is 1.54. The summed E-state index contributed by atoms with van der Waals surface area (Å²) in [6, 6.07) is 13.0. The Kier molecular flexibility index (Phi) is 6.19. The van der Waals surface area contributed by atoms with Crippen LogP contribution in [0.1, 0.15) is 5.56 Å². The monoisotopic (exact) mass is 357 g/mol. The molecular weight excluding hydrogens is 342 g/mol. The van der Waals surface area contributed by atoms with Gasteiger partial charge < -0.3 is 10.1 Å². The first-order chi connectivity index (χ1) is 12.0. The number of non-ortho nitro benzene ring substituents is 1. The molecule has 0 saturated carbocycles. The lowest BCUT2D eigenvalue weighted by atomic mass is 10.2.